The van der Waals surface area contributed by atoms with Gasteiger partial charge in [0.25, 0.3) is 0 Å². The zero-order valence-electron chi connectivity index (χ0n) is 23.0. The first-order valence-corrected chi connectivity index (χ1v) is 13.8. The van der Waals surface area contributed by atoms with E-state index in [9.17, 15) is 20.1 Å². The summed E-state index contributed by atoms with van der Waals surface area (Å²) in [6, 6.07) is 0. The van der Waals surface area contributed by atoms with Crippen molar-refractivity contribution in [2.24, 2.45) is 39.4 Å². The Balaban J connectivity index is 1.64. The summed E-state index contributed by atoms with van der Waals surface area (Å²) in [4.78, 5) is 12.4. The molecule has 0 bridgehead atoms. The van der Waals surface area contributed by atoms with E-state index in [-0.39, 0.29) is 45.9 Å². The molecule has 0 aliphatic heterocycles. The summed E-state index contributed by atoms with van der Waals surface area (Å²) in [6.45, 7) is 17.2. The van der Waals surface area contributed by atoms with Gasteiger partial charge in [-0.1, -0.05) is 52.7 Å². The molecule has 0 heterocycles. The summed E-state index contributed by atoms with van der Waals surface area (Å²) in [5, 5.41) is 31.9. The Morgan fingerprint density at radius 3 is 2.26 bits per heavy atom. The Bertz CT molecular complexity index is 866. The Hall–Kier alpha value is -0.710. The first-order valence-electron chi connectivity index (χ1n) is 13.8. The third kappa shape index (κ3) is 3.60. The maximum Gasteiger partial charge on any atom is 0.166 e. The fourth-order valence-corrected chi connectivity index (χ4v) is 9.45. The predicted molar refractivity (Wildman–Crippen MR) is 136 cm³/mol. The normalized spacial score (nSPS) is 43.6. The molecule has 0 amide bonds. The van der Waals surface area contributed by atoms with Crippen molar-refractivity contribution in [2.75, 3.05) is 0 Å². The van der Waals surface area contributed by atoms with Crippen molar-refractivity contribution < 1.29 is 20.1 Å². The molecule has 2 saturated carbocycles. The van der Waals surface area contributed by atoms with Gasteiger partial charge in [-0.05, 0) is 105 Å². The smallest absolute Gasteiger partial charge is 0.166 e. The van der Waals surface area contributed by atoms with Crippen LogP contribution in [0.15, 0.2) is 11.1 Å². The number of fused-ring (bicyclic) bond motifs is 4. The van der Waals surface area contributed by atoms with Crippen LogP contribution in [0.2, 0.25) is 0 Å². The van der Waals surface area contributed by atoms with Crippen LogP contribution in [-0.2, 0) is 4.79 Å². The maximum absolute atomic E-state index is 12.4. The third-order valence-corrected chi connectivity index (χ3v) is 12.1. The van der Waals surface area contributed by atoms with Gasteiger partial charge >= 0.3 is 0 Å². The van der Waals surface area contributed by atoms with Crippen LogP contribution in [0.5, 0.6) is 0 Å². The number of allylic oxidation sites excluding steroid dienone is 2. The van der Waals surface area contributed by atoms with Crippen LogP contribution in [0.25, 0.3) is 0 Å². The molecule has 0 saturated heterocycles. The molecule has 194 valence electrons. The number of hydrogen-bond donors (Lipinski definition) is 3. The first-order chi connectivity index (χ1) is 15.5. The van der Waals surface area contributed by atoms with Crippen LogP contribution < -0.4 is 0 Å². The molecular weight excluding hydrogens is 424 g/mol. The first kappa shape index (κ1) is 26.4. The number of Topliss-reactive ketones (excluding diaryl/α,β-unsaturated/α-hetero) is 1. The minimum Gasteiger partial charge on any atom is -0.393 e. The van der Waals surface area contributed by atoms with Crippen molar-refractivity contribution in [3.8, 4) is 0 Å². The lowest BCUT2D eigenvalue weighted by Crippen LogP contribution is -2.55. The lowest BCUT2D eigenvalue weighted by Gasteiger charge is -2.62. The Morgan fingerprint density at radius 1 is 1.00 bits per heavy atom. The van der Waals surface area contributed by atoms with Crippen LogP contribution in [0.4, 0.5) is 0 Å². The number of carbonyl (C=O) groups is 1. The van der Waals surface area contributed by atoms with Gasteiger partial charge in [0, 0.05) is 6.42 Å². The zero-order chi connectivity index (χ0) is 25.5. The van der Waals surface area contributed by atoms with Gasteiger partial charge in [0.2, 0.25) is 0 Å². The van der Waals surface area contributed by atoms with Crippen LogP contribution in [0.3, 0.4) is 0 Å². The largest absolute Gasteiger partial charge is 0.393 e. The SMILES string of the molecule is C[C@H](C(O)CC(=O)C(C)(C)O)C1CC[C@@]2(C)C3=C(CC[C@]12C)[C@@]1(C)CC[C@H](O)C(C)(C)C1CC3. The monoisotopic (exact) mass is 474 g/mol. The van der Waals surface area contributed by atoms with Crippen LogP contribution in [-0.4, -0.2) is 38.9 Å². The Morgan fingerprint density at radius 2 is 1.65 bits per heavy atom. The van der Waals surface area contributed by atoms with Gasteiger partial charge in [-0.2, -0.15) is 0 Å². The van der Waals surface area contributed by atoms with Crippen molar-refractivity contribution in [3.63, 3.8) is 0 Å². The molecule has 8 atom stereocenters. The van der Waals surface area contributed by atoms with E-state index in [1.165, 1.54) is 13.8 Å². The number of ketones is 1. The van der Waals surface area contributed by atoms with E-state index < -0.39 is 11.7 Å². The van der Waals surface area contributed by atoms with Crippen LogP contribution >= 0.6 is 0 Å². The lowest BCUT2D eigenvalue weighted by atomic mass is 9.43. The summed E-state index contributed by atoms with van der Waals surface area (Å²) in [7, 11) is 0. The van der Waals surface area contributed by atoms with Gasteiger partial charge in [-0.15, -0.1) is 0 Å². The number of rotatable bonds is 5. The second kappa shape index (κ2) is 8.15. The van der Waals surface area contributed by atoms with E-state index in [1.807, 2.05) is 0 Å². The molecule has 34 heavy (non-hydrogen) atoms. The molecule has 4 heteroatoms. The van der Waals surface area contributed by atoms with Crippen molar-refractivity contribution in [3.05, 3.63) is 11.1 Å². The third-order valence-electron chi connectivity index (χ3n) is 12.1. The molecule has 3 unspecified atom stereocenters. The molecule has 4 nitrogen and oxygen atoms in total. The molecule has 0 aromatic carbocycles. The van der Waals surface area contributed by atoms with Gasteiger partial charge < -0.3 is 15.3 Å². The lowest BCUT2D eigenvalue weighted by molar-refractivity contribution is -0.137. The average Bonchev–Trinajstić information content (AvgIpc) is 3.01. The molecule has 2 fully saturated rings. The summed E-state index contributed by atoms with van der Waals surface area (Å²) >= 11 is 0. The number of hydrogen-bond acceptors (Lipinski definition) is 4. The highest BCUT2D eigenvalue weighted by molar-refractivity contribution is 5.86. The second-order valence-electron chi connectivity index (χ2n) is 14.3. The fraction of sp³-hybridized carbons (Fsp3) is 0.900. The fourth-order valence-electron chi connectivity index (χ4n) is 9.45. The molecular formula is C30H50O4. The molecule has 4 aliphatic rings. The highest BCUT2D eigenvalue weighted by atomic mass is 16.3. The average molecular weight is 475 g/mol. The van der Waals surface area contributed by atoms with Crippen LogP contribution in [0.1, 0.15) is 113 Å². The van der Waals surface area contributed by atoms with Gasteiger partial charge in [-0.25, -0.2) is 0 Å². The van der Waals surface area contributed by atoms with Gasteiger partial charge in [0.05, 0.1) is 12.2 Å². The second-order valence-corrected chi connectivity index (χ2v) is 14.3. The molecule has 0 radical (unpaired) electrons. The molecule has 3 N–H and O–H groups in total. The van der Waals surface area contributed by atoms with Crippen molar-refractivity contribution >= 4 is 5.78 Å². The molecule has 4 aliphatic carbocycles. The standard InChI is InChI=1S/C30H50O4/c1-18(22(31)17-25(33)27(4,5)34)19-11-15-30(8)21-9-10-23-26(2,3)24(32)13-14-28(23,6)20(21)12-16-29(19,30)7/h18-19,22-24,31-32,34H,9-17H2,1-8H3/t18-,19?,22?,23?,24-,28+,29+,30-/m0/s1. The Labute approximate surface area is 207 Å². The molecule has 0 aromatic heterocycles. The van der Waals surface area contributed by atoms with Crippen molar-refractivity contribution in [1.82, 2.24) is 0 Å². The maximum atomic E-state index is 12.4. The summed E-state index contributed by atoms with van der Waals surface area (Å²) in [5.74, 6) is 0.642. The number of aliphatic hydroxyl groups excluding tert-OH is 2. The number of carbonyl (C=O) groups excluding carboxylic acids is 1. The predicted octanol–water partition coefficient (Wildman–Crippen LogP) is 5.82. The van der Waals surface area contributed by atoms with E-state index in [0.717, 1.165) is 51.4 Å². The van der Waals surface area contributed by atoms with E-state index in [2.05, 4.69) is 41.5 Å². The van der Waals surface area contributed by atoms with Crippen molar-refractivity contribution in [2.45, 2.75) is 131 Å². The minimum absolute atomic E-state index is 0.0240. The van der Waals surface area contributed by atoms with Gasteiger partial charge in [0.1, 0.15) is 5.60 Å². The Kier molecular flexibility index (Phi) is 6.32. The van der Waals surface area contributed by atoms with Gasteiger partial charge in [0.15, 0.2) is 5.78 Å². The molecule has 0 spiro atoms. The summed E-state index contributed by atoms with van der Waals surface area (Å²) in [6.07, 6.45) is 7.88. The van der Waals surface area contributed by atoms with Crippen molar-refractivity contribution in [1.29, 1.82) is 0 Å². The van der Waals surface area contributed by atoms with Crippen LogP contribution in [0, 0.1) is 39.4 Å². The highest BCUT2D eigenvalue weighted by Crippen LogP contribution is 2.72. The quantitative estimate of drug-likeness (QED) is 0.439. The van der Waals surface area contributed by atoms with E-state index >= 15 is 0 Å². The summed E-state index contributed by atoms with van der Waals surface area (Å²) < 4.78 is 0. The van der Waals surface area contributed by atoms with E-state index in [1.54, 1.807) is 11.1 Å². The molecule has 0 aromatic rings. The zero-order valence-corrected chi connectivity index (χ0v) is 23.0. The van der Waals surface area contributed by atoms with E-state index in [4.69, 9.17) is 0 Å². The topological polar surface area (TPSA) is 77.8 Å². The van der Waals surface area contributed by atoms with Gasteiger partial charge in [-0.3, -0.25) is 4.79 Å². The number of aliphatic hydroxyl groups is 3. The summed E-state index contributed by atoms with van der Waals surface area (Å²) in [5.41, 5.74) is 2.39. The highest BCUT2D eigenvalue weighted by Gasteiger charge is 2.63. The molecule has 4 rings (SSSR count). The van der Waals surface area contributed by atoms with E-state index in [0.29, 0.717) is 11.8 Å². The minimum atomic E-state index is -1.39.